The minimum absolute atomic E-state index is 0.502. The van der Waals surface area contributed by atoms with Gasteiger partial charge in [-0.05, 0) is 75.8 Å². The number of nitrogens with one attached hydrogen (secondary N) is 1. The smallest absolute Gasteiger partial charge is 0.0177 e. The lowest BCUT2D eigenvalue weighted by Crippen LogP contribution is -2.56. The molecule has 0 spiro atoms. The Morgan fingerprint density at radius 2 is 1.70 bits per heavy atom. The predicted molar refractivity (Wildman–Crippen MR) is 85.9 cm³/mol. The number of rotatable bonds is 3. The molecule has 3 atom stereocenters. The van der Waals surface area contributed by atoms with Gasteiger partial charge < -0.3 is 10.2 Å². The lowest BCUT2D eigenvalue weighted by molar-refractivity contribution is 0.0788. The van der Waals surface area contributed by atoms with Crippen molar-refractivity contribution in [1.29, 1.82) is 0 Å². The summed E-state index contributed by atoms with van der Waals surface area (Å²) in [5.41, 5.74) is 1.07. The van der Waals surface area contributed by atoms with Gasteiger partial charge in [-0.3, -0.25) is 0 Å². The second-order valence-electron chi connectivity index (χ2n) is 8.92. The molecule has 3 fully saturated rings. The molecular weight excluding hydrogens is 244 g/mol. The second-order valence-corrected chi connectivity index (χ2v) is 8.92. The molecule has 2 nitrogen and oxygen atoms in total. The summed E-state index contributed by atoms with van der Waals surface area (Å²) < 4.78 is 0. The standard InChI is InChI=1S/C18H34N2/c1-13(2)20-10-7-15(8-11-20)19-16-17(3,4)14-6-9-18(16,5)12-14/h13-16,19H,6-12H2,1-5H3/t14-,16?,18+/m0/s1. The van der Waals surface area contributed by atoms with Crippen molar-refractivity contribution in [2.24, 2.45) is 16.7 Å². The molecule has 0 amide bonds. The molecule has 0 radical (unpaired) electrons. The predicted octanol–water partition coefficient (Wildman–Crippen LogP) is 3.66. The number of hydrogen-bond donors (Lipinski definition) is 1. The first-order valence-electron chi connectivity index (χ1n) is 8.83. The van der Waals surface area contributed by atoms with Crippen LogP contribution < -0.4 is 5.32 Å². The number of fused-ring (bicyclic) bond motifs is 2. The normalized spacial score (nSPS) is 41.7. The van der Waals surface area contributed by atoms with Crippen LogP contribution in [0, 0.1) is 16.7 Å². The molecule has 1 saturated heterocycles. The van der Waals surface area contributed by atoms with Gasteiger partial charge in [-0.2, -0.15) is 0 Å². The Morgan fingerprint density at radius 1 is 1.05 bits per heavy atom. The van der Waals surface area contributed by atoms with Gasteiger partial charge in [0.25, 0.3) is 0 Å². The molecule has 1 unspecified atom stereocenters. The van der Waals surface area contributed by atoms with Crippen molar-refractivity contribution < 1.29 is 0 Å². The summed E-state index contributed by atoms with van der Waals surface area (Å²) in [5, 5.41) is 4.11. The Bertz CT molecular complexity index is 350. The largest absolute Gasteiger partial charge is 0.310 e. The average molecular weight is 278 g/mol. The molecule has 3 rings (SSSR count). The zero-order chi connectivity index (χ0) is 14.5. The number of nitrogens with zero attached hydrogens (tertiary/aromatic N) is 1. The maximum atomic E-state index is 4.11. The molecule has 2 heteroatoms. The monoisotopic (exact) mass is 278 g/mol. The van der Waals surface area contributed by atoms with Gasteiger partial charge in [0.1, 0.15) is 0 Å². The van der Waals surface area contributed by atoms with Crippen LogP contribution in [-0.4, -0.2) is 36.1 Å². The van der Waals surface area contributed by atoms with E-state index in [1.165, 1.54) is 45.2 Å². The molecule has 0 aromatic carbocycles. The minimum Gasteiger partial charge on any atom is -0.310 e. The van der Waals surface area contributed by atoms with Crippen molar-refractivity contribution in [2.75, 3.05) is 13.1 Å². The maximum Gasteiger partial charge on any atom is 0.0177 e. The number of likely N-dealkylation sites (tertiary alicyclic amines) is 1. The summed E-state index contributed by atoms with van der Waals surface area (Å²) in [5.74, 6) is 0.959. The van der Waals surface area contributed by atoms with Gasteiger partial charge in [-0.25, -0.2) is 0 Å². The van der Waals surface area contributed by atoms with Gasteiger partial charge in [-0.1, -0.05) is 20.8 Å². The lowest BCUT2D eigenvalue weighted by Gasteiger charge is -2.46. The van der Waals surface area contributed by atoms with E-state index in [-0.39, 0.29) is 0 Å². The Hall–Kier alpha value is -0.0800. The lowest BCUT2D eigenvalue weighted by atomic mass is 9.68. The van der Waals surface area contributed by atoms with Crippen LogP contribution in [0.25, 0.3) is 0 Å². The fourth-order valence-electron chi connectivity index (χ4n) is 5.54. The van der Waals surface area contributed by atoms with Gasteiger partial charge in [0, 0.05) is 18.1 Å². The molecule has 3 aliphatic rings. The van der Waals surface area contributed by atoms with E-state index in [2.05, 4.69) is 44.8 Å². The van der Waals surface area contributed by atoms with E-state index in [9.17, 15) is 0 Å². The zero-order valence-electron chi connectivity index (χ0n) is 14.2. The van der Waals surface area contributed by atoms with Crippen molar-refractivity contribution in [3.05, 3.63) is 0 Å². The van der Waals surface area contributed by atoms with E-state index in [1.54, 1.807) is 0 Å². The first-order chi connectivity index (χ1) is 9.33. The minimum atomic E-state index is 0.502. The van der Waals surface area contributed by atoms with Gasteiger partial charge in [0.2, 0.25) is 0 Å². The second kappa shape index (κ2) is 4.98. The SMILES string of the molecule is CC(C)N1CCC(NC2C(C)(C)[C@H]3CC[C@]2(C)C3)CC1. The number of piperidine rings is 1. The first kappa shape index (κ1) is 14.8. The van der Waals surface area contributed by atoms with Crippen molar-refractivity contribution >= 4 is 0 Å². The van der Waals surface area contributed by atoms with Gasteiger partial charge in [-0.15, -0.1) is 0 Å². The van der Waals surface area contributed by atoms with Gasteiger partial charge >= 0.3 is 0 Å². The van der Waals surface area contributed by atoms with Crippen LogP contribution in [0.3, 0.4) is 0 Å². The van der Waals surface area contributed by atoms with E-state index in [1.807, 2.05) is 0 Å². The van der Waals surface area contributed by atoms with E-state index in [0.717, 1.165) is 18.0 Å². The summed E-state index contributed by atoms with van der Waals surface area (Å²) in [7, 11) is 0. The highest BCUT2D eigenvalue weighted by Gasteiger charge is 2.59. The Balaban J connectivity index is 1.61. The summed E-state index contributed by atoms with van der Waals surface area (Å²) >= 11 is 0. The highest BCUT2D eigenvalue weighted by atomic mass is 15.2. The van der Waals surface area contributed by atoms with Crippen molar-refractivity contribution in [2.45, 2.75) is 84.8 Å². The third kappa shape index (κ3) is 2.33. The van der Waals surface area contributed by atoms with Crippen LogP contribution in [0.2, 0.25) is 0 Å². The van der Waals surface area contributed by atoms with Gasteiger partial charge in [0.15, 0.2) is 0 Å². The molecule has 0 aromatic rings. The highest BCUT2D eigenvalue weighted by Crippen LogP contribution is 2.62. The maximum absolute atomic E-state index is 4.11. The fourth-order valence-corrected chi connectivity index (χ4v) is 5.54. The average Bonchev–Trinajstić information content (AvgIpc) is 2.86. The van der Waals surface area contributed by atoms with E-state index in [0.29, 0.717) is 16.9 Å². The molecule has 1 heterocycles. The molecule has 0 aromatic heterocycles. The third-order valence-electron chi connectivity index (χ3n) is 6.93. The van der Waals surface area contributed by atoms with Crippen LogP contribution in [-0.2, 0) is 0 Å². The van der Waals surface area contributed by atoms with Crippen LogP contribution in [0.1, 0.15) is 66.7 Å². The Morgan fingerprint density at radius 3 is 2.20 bits per heavy atom. The van der Waals surface area contributed by atoms with Crippen molar-refractivity contribution in [3.8, 4) is 0 Å². The quantitative estimate of drug-likeness (QED) is 0.847. The molecule has 2 aliphatic carbocycles. The summed E-state index contributed by atoms with van der Waals surface area (Å²) in [6, 6.07) is 2.21. The van der Waals surface area contributed by atoms with Crippen molar-refractivity contribution in [3.63, 3.8) is 0 Å². The first-order valence-corrected chi connectivity index (χ1v) is 8.83. The van der Waals surface area contributed by atoms with Crippen LogP contribution >= 0.6 is 0 Å². The van der Waals surface area contributed by atoms with Crippen molar-refractivity contribution in [1.82, 2.24) is 10.2 Å². The molecule has 116 valence electrons. The highest BCUT2D eigenvalue weighted by molar-refractivity contribution is 5.12. The molecule has 20 heavy (non-hydrogen) atoms. The molecule has 1 aliphatic heterocycles. The molecule has 2 bridgehead atoms. The van der Waals surface area contributed by atoms with E-state index >= 15 is 0 Å². The molecule has 2 saturated carbocycles. The summed E-state index contributed by atoms with van der Waals surface area (Å²) in [6.45, 7) is 14.8. The Kier molecular flexibility index (Phi) is 3.70. The summed E-state index contributed by atoms with van der Waals surface area (Å²) in [6.07, 6.45) is 7.05. The van der Waals surface area contributed by atoms with Crippen LogP contribution in [0.4, 0.5) is 0 Å². The van der Waals surface area contributed by atoms with E-state index in [4.69, 9.17) is 0 Å². The van der Waals surface area contributed by atoms with Gasteiger partial charge in [0.05, 0.1) is 0 Å². The topological polar surface area (TPSA) is 15.3 Å². The van der Waals surface area contributed by atoms with Crippen LogP contribution in [0.5, 0.6) is 0 Å². The fraction of sp³-hybridized carbons (Fsp3) is 1.00. The number of hydrogen-bond acceptors (Lipinski definition) is 2. The Labute approximate surface area is 125 Å². The van der Waals surface area contributed by atoms with Crippen LogP contribution in [0.15, 0.2) is 0 Å². The van der Waals surface area contributed by atoms with E-state index < -0.39 is 0 Å². The summed E-state index contributed by atoms with van der Waals surface area (Å²) in [4.78, 5) is 2.63. The molecule has 1 N–H and O–H groups in total. The molecular formula is C18H34N2. The third-order valence-corrected chi connectivity index (χ3v) is 6.93. The zero-order valence-corrected chi connectivity index (χ0v) is 14.2.